The predicted molar refractivity (Wildman–Crippen MR) is 121 cm³/mol. The van der Waals surface area contributed by atoms with Gasteiger partial charge >= 0.3 is 6.18 Å². The minimum absolute atomic E-state index is 0.205. The number of ether oxygens (including phenoxy) is 1. The molecule has 5 aromatic rings. The molecule has 0 unspecified atom stereocenters. The zero-order valence-electron chi connectivity index (χ0n) is 18.1. The number of amides is 1. The molecule has 10 heteroatoms. The summed E-state index contributed by atoms with van der Waals surface area (Å²) < 4.78 is 46.8. The molecule has 5 rings (SSSR count). The fourth-order valence-electron chi connectivity index (χ4n) is 3.79. The van der Waals surface area contributed by atoms with Crippen LogP contribution < -0.4 is 10.1 Å². The fourth-order valence-corrected chi connectivity index (χ4v) is 3.79. The van der Waals surface area contributed by atoms with Gasteiger partial charge in [-0.05, 0) is 53.9 Å². The minimum atomic E-state index is -4.55. The fraction of sp³-hybridized carbons (Fsp3) is 0.125. The van der Waals surface area contributed by atoms with Gasteiger partial charge in [0.1, 0.15) is 17.1 Å². The molecule has 0 fully saturated rings. The SMILES string of the molecule is COc1ccc(-c2ccc3[nH]c(NC(=O)c4cn5cccc(C)c5n4)nc3c2)cc1C(F)(F)F. The lowest BCUT2D eigenvalue weighted by Crippen LogP contribution is -2.13. The Morgan fingerprint density at radius 1 is 1.09 bits per heavy atom. The summed E-state index contributed by atoms with van der Waals surface area (Å²) in [7, 11) is 1.20. The molecule has 0 bridgehead atoms. The van der Waals surface area contributed by atoms with Gasteiger partial charge < -0.3 is 14.1 Å². The van der Waals surface area contributed by atoms with E-state index in [0.717, 1.165) is 11.6 Å². The summed E-state index contributed by atoms with van der Waals surface area (Å²) in [5, 5.41) is 2.68. The number of rotatable bonds is 4. The number of pyridine rings is 1. The number of halogens is 3. The Hall–Kier alpha value is -4.34. The van der Waals surface area contributed by atoms with Crippen molar-refractivity contribution in [1.82, 2.24) is 19.4 Å². The molecule has 0 aliphatic heterocycles. The van der Waals surface area contributed by atoms with E-state index in [1.165, 1.54) is 13.2 Å². The first-order valence-corrected chi connectivity index (χ1v) is 10.2. The number of nitrogens with one attached hydrogen (secondary N) is 2. The van der Waals surface area contributed by atoms with Crippen LogP contribution in [0.2, 0.25) is 0 Å². The Labute approximate surface area is 191 Å². The number of anilines is 1. The molecule has 0 aliphatic carbocycles. The predicted octanol–water partition coefficient (Wildman–Crippen LogP) is 5.47. The first-order valence-electron chi connectivity index (χ1n) is 10.2. The smallest absolute Gasteiger partial charge is 0.419 e. The molecule has 172 valence electrons. The van der Waals surface area contributed by atoms with Gasteiger partial charge in [-0.3, -0.25) is 10.1 Å². The molecule has 7 nitrogen and oxygen atoms in total. The number of aromatic nitrogens is 4. The lowest BCUT2D eigenvalue weighted by atomic mass is 10.0. The number of carbonyl (C=O) groups excluding carboxylic acids is 1. The monoisotopic (exact) mass is 465 g/mol. The molecular formula is C24H18F3N5O2. The lowest BCUT2D eigenvalue weighted by molar-refractivity contribution is -0.138. The van der Waals surface area contributed by atoms with Crippen molar-refractivity contribution in [1.29, 1.82) is 0 Å². The van der Waals surface area contributed by atoms with E-state index in [-0.39, 0.29) is 17.4 Å². The third kappa shape index (κ3) is 3.83. The van der Waals surface area contributed by atoms with Crippen molar-refractivity contribution in [2.45, 2.75) is 13.1 Å². The van der Waals surface area contributed by atoms with E-state index in [4.69, 9.17) is 4.74 Å². The van der Waals surface area contributed by atoms with Crippen molar-refractivity contribution in [3.8, 4) is 16.9 Å². The third-order valence-electron chi connectivity index (χ3n) is 5.46. The Bertz CT molecular complexity index is 1550. The summed E-state index contributed by atoms with van der Waals surface area (Å²) in [5.41, 5.74) is 3.00. The molecular weight excluding hydrogens is 447 g/mol. The molecule has 0 saturated heterocycles. The van der Waals surface area contributed by atoms with Crippen molar-refractivity contribution in [3.63, 3.8) is 0 Å². The first kappa shape index (κ1) is 21.5. The Morgan fingerprint density at radius 3 is 2.59 bits per heavy atom. The number of aryl methyl sites for hydroxylation is 1. The second kappa shape index (κ2) is 7.91. The number of fused-ring (bicyclic) bond motifs is 2. The Kier molecular flexibility index (Phi) is 5.00. The molecule has 0 aliphatic rings. The third-order valence-corrected chi connectivity index (χ3v) is 5.46. The molecule has 2 aromatic carbocycles. The highest BCUT2D eigenvalue weighted by Crippen LogP contribution is 2.39. The van der Waals surface area contributed by atoms with Crippen LogP contribution in [-0.4, -0.2) is 32.4 Å². The van der Waals surface area contributed by atoms with Crippen molar-refractivity contribution in [2.75, 3.05) is 12.4 Å². The summed E-state index contributed by atoms with van der Waals surface area (Å²) in [6.07, 6.45) is -1.12. The maximum Gasteiger partial charge on any atom is 0.419 e. The van der Waals surface area contributed by atoms with Gasteiger partial charge in [-0.25, -0.2) is 9.97 Å². The van der Waals surface area contributed by atoms with Crippen LogP contribution in [0.15, 0.2) is 60.9 Å². The number of hydrogen-bond acceptors (Lipinski definition) is 4. The van der Waals surface area contributed by atoms with Crippen molar-refractivity contribution in [2.24, 2.45) is 0 Å². The van der Waals surface area contributed by atoms with Crippen LogP contribution >= 0.6 is 0 Å². The zero-order chi connectivity index (χ0) is 24.0. The van der Waals surface area contributed by atoms with E-state index in [2.05, 4.69) is 20.3 Å². The summed E-state index contributed by atoms with van der Waals surface area (Å²) >= 11 is 0. The van der Waals surface area contributed by atoms with Gasteiger partial charge in [0.25, 0.3) is 5.91 Å². The number of alkyl halides is 3. The van der Waals surface area contributed by atoms with Gasteiger partial charge in [0.15, 0.2) is 0 Å². The number of H-pyrrole nitrogens is 1. The molecule has 0 spiro atoms. The summed E-state index contributed by atoms with van der Waals surface area (Å²) in [6, 6.07) is 12.7. The average molecular weight is 465 g/mol. The Balaban J connectivity index is 1.44. The van der Waals surface area contributed by atoms with Gasteiger partial charge in [0.2, 0.25) is 5.95 Å². The molecule has 3 heterocycles. The largest absolute Gasteiger partial charge is 0.496 e. The molecule has 2 N–H and O–H groups in total. The van der Waals surface area contributed by atoms with E-state index in [9.17, 15) is 18.0 Å². The molecule has 34 heavy (non-hydrogen) atoms. The number of aromatic amines is 1. The topological polar surface area (TPSA) is 84.3 Å². The van der Waals surface area contributed by atoms with Gasteiger partial charge in [0, 0.05) is 12.4 Å². The van der Waals surface area contributed by atoms with E-state index in [1.54, 1.807) is 41.1 Å². The van der Waals surface area contributed by atoms with Crippen LogP contribution in [-0.2, 0) is 6.18 Å². The first-order chi connectivity index (χ1) is 16.2. The Morgan fingerprint density at radius 2 is 1.85 bits per heavy atom. The maximum absolute atomic E-state index is 13.4. The van der Waals surface area contributed by atoms with Crippen molar-refractivity contribution in [3.05, 3.63) is 77.7 Å². The molecule has 0 atom stereocenters. The molecule has 1 amide bonds. The van der Waals surface area contributed by atoms with Crippen LogP contribution in [0.3, 0.4) is 0 Å². The number of benzene rings is 2. The summed E-state index contributed by atoms with van der Waals surface area (Å²) in [4.78, 5) is 24.4. The van der Waals surface area contributed by atoms with Crippen LogP contribution in [0.1, 0.15) is 21.6 Å². The number of methoxy groups -OCH3 is 1. The van der Waals surface area contributed by atoms with Gasteiger partial charge in [-0.2, -0.15) is 13.2 Å². The van der Waals surface area contributed by atoms with Crippen LogP contribution in [0.5, 0.6) is 5.75 Å². The molecule has 0 radical (unpaired) electrons. The molecule has 3 aromatic heterocycles. The van der Waals surface area contributed by atoms with Crippen molar-refractivity contribution >= 4 is 28.5 Å². The number of hydrogen-bond donors (Lipinski definition) is 2. The van der Waals surface area contributed by atoms with Crippen LogP contribution in [0, 0.1) is 6.92 Å². The van der Waals surface area contributed by atoms with E-state index in [1.807, 2.05) is 19.1 Å². The normalized spacial score (nSPS) is 11.8. The number of carbonyl (C=O) groups is 1. The van der Waals surface area contributed by atoms with Crippen molar-refractivity contribution < 1.29 is 22.7 Å². The van der Waals surface area contributed by atoms with E-state index >= 15 is 0 Å². The summed E-state index contributed by atoms with van der Waals surface area (Å²) in [6.45, 7) is 1.90. The number of imidazole rings is 2. The quantitative estimate of drug-likeness (QED) is 0.369. The van der Waals surface area contributed by atoms with Crippen LogP contribution in [0.4, 0.5) is 19.1 Å². The lowest BCUT2D eigenvalue weighted by Gasteiger charge is -2.13. The number of nitrogens with zero attached hydrogens (tertiary/aromatic N) is 3. The van der Waals surface area contributed by atoms with Crippen LogP contribution in [0.25, 0.3) is 27.8 Å². The minimum Gasteiger partial charge on any atom is -0.496 e. The average Bonchev–Trinajstić information content (AvgIpc) is 3.42. The van der Waals surface area contributed by atoms with Gasteiger partial charge in [-0.15, -0.1) is 0 Å². The van der Waals surface area contributed by atoms with Gasteiger partial charge in [0.05, 0.1) is 23.7 Å². The highest BCUT2D eigenvalue weighted by molar-refractivity contribution is 6.03. The highest BCUT2D eigenvalue weighted by Gasteiger charge is 2.34. The molecule has 0 saturated carbocycles. The second-order valence-electron chi connectivity index (χ2n) is 7.73. The maximum atomic E-state index is 13.4. The van der Waals surface area contributed by atoms with Gasteiger partial charge in [-0.1, -0.05) is 18.2 Å². The second-order valence-corrected chi connectivity index (χ2v) is 7.73. The zero-order valence-corrected chi connectivity index (χ0v) is 18.1. The standard InChI is InChI=1S/C24H18F3N5O2/c1-13-4-3-9-32-12-19(28-21(13)32)22(33)31-23-29-17-7-5-15(11-18(17)30-23)14-6-8-20(34-2)16(10-14)24(25,26)27/h3-12H,1-2H3,(H2,29,30,31,33). The highest BCUT2D eigenvalue weighted by atomic mass is 19.4. The van der Waals surface area contributed by atoms with E-state index in [0.29, 0.717) is 27.8 Å². The summed E-state index contributed by atoms with van der Waals surface area (Å²) in [5.74, 6) is -0.478. The van der Waals surface area contributed by atoms with E-state index < -0.39 is 17.6 Å².